The molecule has 0 spiro atoms. The smallest absolute Gasteiger partial charge is 0.233 e. The van der Waals surface area contributed by atoms with Crippen molar-refractivity contribution >= 4 is 20.9 Å². The Bertz CT molecular complexity index is 1510. The average molecular weight is 438 g/mol. The fourth-order valence-corrected chi connectivity index (χ4v) is 5.71. The molecule has 32 heavy (non-hydrogen) atoms. The Kier molecular flexibility index (Phi) is 4.95. The topological polar surface area (TPSA) is 39.1 Å². The molecule has 0 amide bonds. The molecular weight excluding hydrogens is 414 g/mol. The first kappa shape index (κ1) is 20.3. The molecule has 4 heteroatoms. The van der Waals surface area contributed by atoms with Crippen molar-refractivity contribution < 1.29 is 8.42 Å². The van der Waals surface area contributed by atoms with Gasteiger partial charge in [-0.25, -0.2) is 12.4 Å². The summed E-state index contributed by atoms with van der Waals surface area (Å²) < 4.78 is 29.5. The van der Waals surface area contributed by atoms with Crippen LogP contribution in [0.15, 0.2) is 108 Å². The summed E-state index contributed by atoms with van der Waals surface area (Å²) in [5.74, 6) is 0. The minimum Gasteiger partial charge on any atom is -0.233 e. The van der Waals surface area contributed by atoms with E-state index in [1.54, 1.807) is 24.3 Å². The molecule has 4 aromatic carbocycles. The number of rotatable bonds is 4. The van der Waals surface area contributed by atoms with Crippen molar-refractivity contribution in [3.05, 3.63) is 114 Å². The van der Waals surface area contributed by atoms with Crippen molar-refractivity contribution in [1.29, 1.82) is 0 Å². The van der Waals surface area contributed by atoms with Gasteiger partial charge in [0.05, 0.1) is 16.1 Å². The van der Waals surface area contributed by atoms with E-state index in [9.17, 15) is 8.42 Å². The third-order valence-corrected chi connectivity index (χ3v) is 7.51. The lowest BCUT2D eigenvalue weighted by Gasteiger charge is -2.14. The first-order valence-electron chi connectivity index (χ1n) is 10.5. The van der Waals surface area contributed by atoms with E-state index in [4.69, 9.17) is 0 Å². The van der Waals surface area contributed by atoms with Gasteiger partial charge in [0, 0.05) is 10.9 Å². The van der Waals surface area contributed by atoms with Gasteiger partial charge in [-0.05, 0) is 43.2 Å². The Hall–Kier alpha value is -3.63. The van der Waals surface area contributed by atoms with E-state index in [1.165, 1.54) is 3.97 Å². The lowest BCUT2D eigenvalue weighted by molar-refractivity contribution is 0.589. The highest BCUT2D eigenvalue weighted by molar-refractivity contribution is 7.90. The second kappa shape index (κ2) is 7.81. The summed E-state index contributed by atoms with van der Waals surface area (Å²) in [5.41, 5.74) is 6.40. The van der Waals surface area contributed by atoms with Gasteiger partial charge in [-0.2, -0.15) is 0 Å². The van der Waals surface area contributed by atoms with E-state index in [0.717, 1.165) is 33.2 Å². The van der Waals surface area contributed by atoms with Crippen molar-refractivity contribution in [2.75, 3.05) is 0 Å². The minimum atomic E-state index is -3.83. The molecule has 0 aliphatic heterocycles. The highest BCUT2D eigenvalue weighted by atomic mass is 32.2. The van der Waals surface area contributed by atoms with Crippen LogP contribution in [0.3, 0.4) is 0 Å². The first-order chi connectivity index (χ1) is 15.5. The highest BCUT2D eigenvalue weighted by Crippen LogP contribution is 2.42. The van der Waals surface area contributed by atoms with Gasteiger partial charge >= 0.3 is 0 Å². The molecule has 0 bridgehead atoms. The largest absolute Gasteiger partial charge is 0.268 e. The van der Waals surface area contributed by atoms with Gasteiger partial charge in [0.1, 0.15) is 0 Å². The Morgan fingerprint density at radius 1 is 0.594 bits per heavy atom. The predicted molar refractivity (Wildman–Crippen MR) is 131 cm³/mol. The molecular formula is C28H23NO2S. The van der Waals surface area contributed by atoms with Crippen LogP contribution in [0.25, 0.3) is 33.3 Å². The summed E-state index contributed by atoms with van der Waals surface area (Å²) >= 11 is 0. The summed E-state index contributed by atoms with van der Waals surface area (Å²) in [7, 11) is -3.83. The summed E-state index contributed by atoms with van der Waals surface area (Å²) in [6.07, 6.45) is 0. The van der Waals surface area contributed by atoms with Crippen molar-refractivity contribution in [3.63, 3.8) is 0 Å². The quantitative estimate of drug-likeness (QED) is 0.309. The second-order valence-corrected chi connectivity index (χ2v) is 9.84. The molecule has 0 aliphatic carbocycles. The summed E-state index contributed by atoms with van der Waals surface area (Å²) in [5, 5.41) is 0.909. The number of hydrogen-bond acceptors (Lipinski definition) is 2. The maximum atomic E-state index is 14.0. The van der Waals surface area contributed by atoms with Crippen LogP contribution in [0.2, 0.25) is 0 Å². The van der Waals surface area contributed by atoms with E-state index >= 15 is 0 Å². The van der Waals surface area contributed by atoms with Crippen molar-refractivity contribution in [1.82, 2.24) is 3.97 Å². The molecule has 5 aromatic rings. The Balaban J connectivity index is 1.95. The van der Waals surface area contributed by atoms with Crippen LogP contribution < -0.4 is 0 Å². The van der Waals surface area contributed by atoms with Crippen LogP contribution in [-0.2, 0) is 10.0 Å². The Labute approximate surface area is 188 Å². The van der Waals surface area contributed by atoms with E-state index in [1.807, 2.05) is 68.4 Å². The number of fused-ring (bicyclic) bond motifs is 1. The average Bonchev–Trinajstić information content (AvgIpc) is 3.17. The van der Waals surface area contributed by atoms with E-state index in [2.05, 4.69) is 24.3 Å². The normalized spacial score (nSPS) is 11.7. The van der Waals surface area contributed by atoms with Crippen LogP contribution in [0.1, 0.15) is 11.1 Å². The number of benzene rings is 4. The molecule has 0 fully saturated rings. The Morgan fingerprint density at radius 2 is 1.12 bits per heavy atom. The van der Waals surface area contributed by atoms with Crippen LogP contribution >= 0.6 is 0 Å². The van der Waals surface area contributed by atoms with Gasteiger partial charge in [-0.3, -0.25) is 0 Å². The zero-order valence-corrected chi connectivity index (χ0v) is 18.8. The summed E-state index contributed by atoms with van der Waals surface area (Å²) in [6.45, 7) is 4.08. The van der Waals surface area contributed by atoms with Gasteiger partial charge in [0.2, 0.25) is 0 Å². The zero-order chi connectivity index (χ0) is 22.3. The molecule has 1 heterocycles. The number of aryl methyl sites for hydroxylation is 2. The zero-order valence-electron chi connectivity index (χ0n) is 18.0. The van der Waals surface area contributed by atoms with Crippen molar-refractivity contribution in [2.45, 2.75) is 18.7 Å². The van der Waals surface area contributed by atoms with Crippen molar-refractivity contribution in [2.24, 2.45) is 0 Å². The van der Waals surface area contributed by atoms with Crippen LogP contribution in [0.4, 0.5) is 0 Å². The third-order valence-electron chi connectivity index (χ3n) is 5.78. The summed E-state index contributed by atoms with van der Waals surface area (Å²) in [4.78, 5) is 0.268. The standard InChI is InChI=1S/C28H23NO2S/c1-20-12-16-22(17-13-20)27-25-10-6-7-11-26(25)29(28(27)23-18-14-21(2)15-19-23)32(30,31)24-8-4-3-5-9-24/h3-19H,1-2H3. The van der Waals surface area contributed by atoms with E-state index in [-0.39, 0.29) is 4.90 Å². The van der Waals surface area contributed by atoms with Gasteiger partial charge in [-0.15, -0.1) is 0 Å². The molecule has 0 saturated heterocycles. The molecule has 0 radical (unpaired) electrons. The Morgan fingerprint density at radius 3 is 1.75 bits per heavy atom. The molecule has 0 N–H and O–H groups in total. The fraction of sp³-hybridized carbons (Fsp3) is 0.0714. The third kappa shape index (κ3) is 3.33. The number of nitrogens with zero attached hydrogens (tertiary/aromatic N) is 1. The minimum absolute atomic E-state index is 0.268. The predicted octanol–water partition coefficient (Wildman–Crippen LogP) is 6.83. The van der Waals surface area contributed by atoms with Crippen molar-refractivity contribution in [3.8, 4) is 22.4 Å². The molecule has 0 unspecified atom stereocenters. The van der Waals surface area contributed by atoms with Crippen LogP contribution in [-0.4, -0.2) is 12.4 Å². The SMILES string of the molecule is Cc1ccc(-c2c(-c3ccc(C)cc3)n(S(=O)(=O)c3ccccc3)c3ccccc23)cc1. The van der Waals surface area contributed by atoms with Gasteiger partial charge in [0.25, 0.3) is 10.0 Å². The van der Waals surface area contributed by atoms with Crippen LogP contribution in [0.5, 0.6) is 0 Å². The van der Waals surface area contributed by atoms with Gasteiger partial charge in [0.15, 0.2) is 0 Å². The number of aromatic nitrogens is 1. The van der Waals surface area contributed by atoms with Gasteiger partial charge < -0.3 is 0 Å². The first-order valence-corrected chi connectivity index (χ1v) is 12.0. The number of para-hydroxylation sites is 1. The van der Waals surface area contributed by atoms with Crippen LogP contribution in [0, 0.1) is 13.8 Å². The van der Waals surface area contributed by atoms with E-state index < -0.39 is 10.0 Å². The highest BCUT2D eigenvalue weighted by Gasteiger charge is 2.28. The lowest BCUT2D eigenvalue weighted by atomic mass is 9.97. The lowest BCUT2D eigenvalue weighted by Crippen LogP contribution is -2.14. The molecule has 0 aliphatic rings. The molecule has 3 nitrogen and oxygen atoms in total. The van der Waals surface area contributed by atoms with Gasteiger partial charge in [-0.1, -0.05) is 96.1 Å². The number of hydrogen-bond donors (Lipinski definition) is 0. The maximum Gasteiger partial charge on any atom is 0.268 e. The molecule has 5 rings (SSSR count). The maximum absolute atomic E-state index is 14.0. The summed E-state index contributed by atoms with van der Waals surface area (Å²) in [6, 6.07) is 32.6. The molecule has 0 atom stereocenters. The monoisotopic (exact) mass is 437 g/mol. The second-order valence-electron chi connectivity index (χ2n) is 8.06. The van der Waals surface area contributed by atoms with E-state index in [0.29, 0.717) is 11.2 Å². The molecule has 1 aromatic heterocycles. The molecule has 0 saturated carbocycles. The molecule has 158 valence electrons. The fourth-order valence-electron chi connectivity index (χ4n) is 4.14.